The van der Waals surface area contributed by atoms with Gasteiger partial charge in [-0.15, -0.1) is 0 Å². The number of hydrogen-bond donors (Lipinski definition) is 0. The lowest BCUT2D eigenvalue weighted by molar-refractivity contribution is 0.0966. The molecule has 1 aromatic carbocycles. The molecule has 2 rings (SSSR count). The van der Waals surface area contributed by atoms with Gasteiger partial charge in [0.15, 0.2) is 5.78 Å². The molecule has 21 heavy (non-hydrogen) atoms. The van der Waals surface area contributed by atoms with Crippen LogP contribution in [0.15, 0.2) is 18.2 Å². The third kappa shape index (κ3) is 3.80. The topological polar surface area (TPSA) is 20.3 Å². The van der Waals surface area contributed by atoms with Crippen LogP contribution in [0.3, 0.4) is 0 Å². The fourth-order valence-corrected chi connectivity index (χ4v) is 3.57. The third-order valence-corrected chi connectivity index (χ3v) is 5.74. The lowest BCUT2D eigenvalue weighted by Crippen LogP contribution is -2.28. The van der Waals surface area contributed by atoms with E-state index in [1.54, 1.807) is 18.2 Å². The molecule has 4 heteroatoms. The number of likely N-dealkylation sites (tertiary alicyclic amines) is 1. The standard InChI is InChI=1S/C17H23Cl2NO/c1-3-17(4-2)9-11-20(12-17)10-8-15(21)13-6-5-7-14(18)16(13)19/h5-7H,3-4,8-12H2,1-2H3. The van der Waals surface area contributed by atoms with Gasteiger partial charge < -0.3 is 4.90 Å². The number of carbonyl (C=O) groups excluding carboxylic acids is 1. The number of benzene rings is 1. The molecule has 0 aliphatic carbocycles. The Labute approximate surface area is 137 Å². The molecule has 0 bridgehead atoms. The maximum Gasteiger partial charge on any atom is 0.165 e. The Bertz CT molecular complexity index is 512. The summed E-state index contributed by atoms with van der Waals surface area (Å²) in [4.78, 5) is 14.7. The zero-order valence-electron chi connectivity index (χ0n) is 12.8. The van der Waals surface area contributed by atoms with E-state index >= 15 is 0 Å². The van der Waals surface area contributed by atoms with Gasteiger partial charge in [-0.05, 0) is 43.4 Å². The van der Waals surface area contributed by atoms with Crippen LogP contribution in [0, 0.1) is 5.41 Å². The van der Waals surface area contributed by atoms with Gasteiger partial charge in [0, 0.05) is 25.1 Å². The van der Waals surface area contributed by atoms with E-state index in [0.29, 0.717) is 27.4 Å². The zero-order valence-corrected chi connectivity index (χ0v) is 14.3. The highest BCUT2D eigenvalue weighted by atomic mass is 35.5. The predicted octanol–water partition coefficient (Wildman–Crippen LogP) is 5.08. The van der Waals surface area contributed by atoms with Crippen LogP contribution < -0.4 is 0 Å². The molecular weight excluding hydrogens is 305 g/mol. The van der Waals surface area contributed by atoms with E-state index in [9.17, 15) is 4.79 Å². The third-order valence-electron chi connectivity index (χ3n) is 4.92. The first-order valence-electron chi connectivity index (χ1n) is 7.71. The molecule has 0 saturated carbocycles. The summed E-state index contributed by atoms with van der Waals surface area (Å²) in [6.45, 7) is 7.55. The summed E-state index contributed by atoms with van der Waals surface area (Å²) in [5, 5.41) is 0.821. The smallest absolute Gasteiger partial charge is 0.165 e. The van der Waals surface area contributed by atoms with Crippen LogP contribution in [-0.4, -0.2) is 30.3 Å². The number of hydrogen-bond acceptors (Lipinski definition) is 2. The SMILES string of the molecule is CCC1(CC)CCN(CCC(=O)c2cccc(Cl)c2Cl)C1. The molecule has 0 atom stereocenters. The summed E-state index contributed by atoms with van der Waals surface area (Å²) in [6, 6.07) is 5.23. The van der Waals surface area contributed by atoms with Crippen molar-refractivity contribution in [1.82, 2.24) is 4.90 Å². The second-order valence-electron chi connectivity index (χ2n) is 6.01. The van der Waals surface area contributed by atoms with Gasteiger partial charge in [-0.25, -0.2) is 0 Å². The summed E-state index contributed by atoms with van der Waals surface area (Å²) >= 11 is 12.1. The van der Waals surface area contributed by atoms with E-state index in [2.05, 4.69) is 18.7 Å². The summed E-state index contributed by atoms with van der Waals surface area (Å²) in [6.07, 6.45) is 4.18. The van der Waals surface area contributed by atoms with E-state index in [0.717, 1.165) is 19.6 Å². The van der Waals surface area contributed by atoms with Gasteiger partial charge >= 0.3 is 0 Å². The number of nitrogens with zero attached hydrogens (tertiary/aromatic N) is 1. The lowest BCUT2D eigenvalue weighted by Gasteiger charge is -2.26. The van der Waals surface area contributed by atoms with Crippen molar-refractivity contribution < 1.29 is 4.79 Å². The highest BCUT2D eigenvalue weighted by Crippen LogP contribution is 2.37. The van der Waals surface area contributed by atoms with Crippen LogP contribution in [0.1, 0.15) is 49.9 Å². The van der Waals surface area contributed by atoms with Gasteiger partial charge in [0.2, 0.25) is 0 Å². The molecule has 1 heterocycles. The summed E-state index contributed by atoms with van der Waals surface area (Å²) in [5.41, 5.74) is 0.997. The Balaban J connectivity index is 1.92. The minimum atomic E-state index is 0.0768. The van der Waals surface area contributed by atoms with Crippen molar-refractivity contribution >= 4 is 29.0 Å². The second-order valence-corrected chi connectivity index (χ2v) is 6.79. The molecule has 0 N–H and O–H groups in total. The maximum atomic E-state index is 12.3. The molecule has 1 aliphatic heterocycles. The van der Waals surface area contributed by atoms with Crippen molar-refractivity contribution in [3.05, 3.63) is 33.8 Å². The number of rotatable bonds is 6. The van der Waals surface area contributed by atoms with Crippen molar-refractivity contribution in [2.75, 3.05) is 19.6 Å². The number of halogens is 2. The molecule has 2 nitrogen and oxygen atoms in total. The van der Waals surface area contributed by atoms with Crippen molar-refractivity contribution in [1.29, 1.82) is 0 Å². The van der Waals surface area contributed by atoms with E-state index in [-0.39, 0.29) is 5.78 Å². The molecule has 0 aromatic heterocycles. The maximum absolute atomic E-state index is 12.3. The molecule has 1 aliphatic rings. The quantitative estimate of drug-likeness (QED) is 0.679. The molecule has 0 unspecified atom stereocenters. The Morgan fingerprint density at radius 3 is 2.62 bits per heavy atom. The van der Waals surface area contributed by atoms with Gasteiger partial charge in [0.05, 0.1) is 10.0 Å². The van der Waals surface area contributed by atoms with Crippen molar-refractivity contribution in [3.63, 3.8) is 0 Å². The summed E-state index contributed by atoms with van der Waals surface area (Å²) in [7, 11) is 0. The van der Waals surface area contributed by atoms with E-state index in [1.807, 2.05) is 0 Å². The monoisotopic (exact) mass is 327 g/mol. The lowest BCUT2D eigenvalue weighted by atomic mass is 9.82. The normalized spacial score (nSPS) is 18.1. The Hall–Kier alpha value is -0.570. The molecule has 1 saturated heterocycles. The average Bonchev–Trinajstić information content (AvgIpc) is 2.92. The van der Waals surface area contributed by atoms with Crippen LogP contribution in [-0.2, 0) is 0 Å². The number of ketones is 1. The van der Waals surface area contributed by atoms with E-state index < -0.39 is 0 Å². The molecular formula is C17H23Cl2NO. The highest BCUT2D eigenvalue weighted by molar-refractivity contribution is 6.43. The first kappa shape index (κ1) is 16.8. The fraction of sp³-hybridized carbons (Fsp3) is 0.588. The van der Waals surface area contributed by atoms with Crippen LogP contribution in [0.4, 0.5) is 0 Å². The van der Waals surface area contributed by atoms with Crippen molar-refractivity contribution in [2.45, 2.75) is 39.5 Å². The molecule has 0 amide bonds. The first-order chi connectivity index (χ1) is 10.0. The van der Waals surface area contributed by atoms with E-state index in [4.69, 9.17) is 23.2 Å². The highest BCUT2D eigenvalue weighted by Gasteiger charge is 2.34. The average molecular weight is 328 g/mol. The van der Waals surface area contributed by atoms with E-state index in [1.165, 1.54) is 19.3 Å². The number of carbonyl (C=O) groups is 1. The van der Waals surface area contributed by atoms with Gasteiger partial charge in [-0.1, -0.05) is 43.1 Å². The number of Topliss-reactive ketones (excluding diaryl/α,β-unsaturated/α-hetero) is 1. The van der Waals surface area contributed by atoms with Gasteiger partial charge in [-0.2, -0.15) is 0 Å². The molecule has 1 aromatic rings. The fourth-order valence-electron chi connectivity index (χ4n) is 3.16. The predicted molar refractivity (Wildman–Crippen MR) is 89.5 cm³/mol. The second kappa shape index (κ2) is 7.13. The minimum absolute atomic E-state index is 0.0768. The van der Waals surface area contributed by atoms with Crippen molar-refractivity contribution in [2.24, 2.45) is 5.41 Å². The molecule has 0 radical (unpaired) electrons. The van der Waals surface area contributed by atoms with Crippen LogP contribution in [0.2, 0.25) is 10.0 Å². The molecule has 1 fully saturated rings. The Morgan fingerprint density at radius 1 is 1.29 bits per heavy atom. The largest absolute Gasteiger partial charge is 0.302 e. The van der Waals surface area contributed by atoms with Crippen LogP contribution >= 0.6 is 23.2 Å². The van der Waals surface area contributed by atoms with Crippen LogP contribution in [0.25, 0.3) is 0 Å². The Kier molecular flexibility index (Phi) is 5.70. The zero-order chi connectivity index (χ0) is 15.5. The van der Waals surface area contributed by atoms with Gasteiger partial charge in [0.25, 0.3) is 0 Å². The Morgan fingerprint density at radius 2 is 2.00 bits per heavy atom. The molecule has 116 valence electrons. The van der Waals surface area contributed by atoms with Gasteiger partial charge in [0.1, 0.15) is 0 Å². The summed E-state index contributed by atoms with van der Waals surface area (Å²) in [5.74, 6) is 0.0768. The first-order valence-corrected chi connectivity index (χ1v) is 8.46. The van der Waals surface area contributed by atoms with Crippen LogP contribution in [0.5, 0.6) is 0 Å². The summed E-state index contributed by atoms with van der Waals surface area (Å²) < 4.78 is 0. The van der Waals surface area contributed by atoms with Gasteiger partial charge in [-0.3, -0.25) is 4.79 Å². The minimum Gasteiger partial charge on any atom is -0.302 e. The molecule has 0 spiro atoms. The van der Waals surface area contributed by atoms with Crippen molar-refractivity contribution in [3.8, 4) is 0 Å².